The van der Waals surface area contributed by atoms with Crippen molar-refractivity contribution >= 4 is 70.2 Å². The van der Waals surface area contributed by atoms with Gasteiger partial charge in [0.2, 0.25) is 0 Å². The molecule has 2 saturated heterocycles. The van der Waals surface area contributed by atoms with Gasteiger partial charge in [0.25, 0.3) is 0 Å². The first kappa shape index (κ1) is 27.0. The molecular formula is C24H31Cl5N4. The van der Waals surface area contributed by atoms with Gasteiger partial charge in [-0.1, -0.05) is 58.5 Å². The molecule has 2 aliphatic rings. The van der Waals surface area contributed by atoms with Gasteiger partial charge in [0.15, 0.2) is 0 Å². The highest BCUT2D eigenvalue weighted by molar-refractivity contribution is 6.44. The number of nitrogens with zero attached hydrogens (tertiary/aromatic N) is 4. The molecular weight excluding hydrogens is 522 g/mol. The van der Waals surface area contributed by atoms with E-state index in [-0.39, 0.29) is 12.4 Å². The molecule has 182 valence electrons. The number of unbranched alkanes of at least 4 members (excludes halogenated alkanes) is 1. The second-order valence-electron chi connectivity index (χ2n) is 8.51. The monoisotopic (exact) mass is 550 g/mol. The Balaban J connectivity index is 0.00000306. The second-order valence-corrected chi connectivity index (χ2v) is 10.1. The van der Waals surface area contributed by atoms with E-state index in [0.29, 0.717) is 20.1 Å². The van der Waals surface area contributed by atoms with Crippen LogP contribution in [-0.2, 0) is 0 Å². The van der Waals surface area contributed by atoms with Gasteiger partial charge in [-0.3, -0.25) is 9.80 Å². The van der Waals surface area contributed by atoms with E-state index in [2.05, 4.69) is 31.7 Å². The van der Waals surface area contributed by atoms with Crippen molar-refractivity contribution < 1.29 is 0 Å². The Kier molecular flexibility index (Phi) is 10.6. The molecule has 0 saturated carbocycles. The van der Waals surface area contributed by atoms with E-state index < -0.39 is 0 Å². The van der Waals surface area contributed by atoms with Crippen LogP contribution in [0.1, 0.15) is 12.8 Å². The van der Waals surface area contributed by atoms with Crippen LogP contribution < -0.4 is 9.80 Å². The summed E-state index contributed by atoms with van der Waals surface area (Å²) in [5.41, 5.74) is 2.11. The van der Waals surface area contributed by atoms with Crippen molar-refractivity contribution in [1.29, 1.82) is 0 Å². The quantitative estimate of drug-likeness (QED) is 0.366. The lowest BCUT2D eigenvalue weighted by molar-refractivity contribution is 0.227. The third-order valence-electron chi connectivity index (χ3n) is 6.49. The van der Waals surface area contributed by atoms with E-state index in [1.54, 1.807) is 0 Å². The topological polar surface area (TPSA) is 13.0 Å². The molecule has 0 atom stereocenters. The molecule has 33 heavy (non-hydrogen) atoms. The molecule has 0 amide bonds. The Labute approximate surface area is 223 Å². The van der Waals surface area contributed by atoms with Crippen LogP contribution in [0.5, 0.6) is 0 Å². The van der Waals surface area contributed by atoms with Crippen LogP contribution in [0.2, 0.25) is 20.1 Å². The van der Waals surface area contributed by atoms with Crippen molar-refractivity contribution in [3.05, 3.63) is 56.5 Å². The largest absolute Gasteiger partial charge is 0.368 e. The molecule has 2 aromatic carbocycles. The van der Waals surface area contributed by atoms with Crippen LogP contribution in [-0.4, -0.2) is 75.2 Å². The third-order valence-corrected chi connectivity index (χ3v) is 8.10. The summed E-state index contributed by atoms with van der Waals surface area (Å²) in [4.78, 5) is 9.81. The van der Waals surface area contributed by atoms with Gasteiger partial charge in [0.1, 0.15) is 0 Å². The summed E-state index contributed by atoms with van der Waals surface area (Å²) in [6, 6.07) is 11.7. The average molecular weight is 553 g/mol. The lowest BCUT2D eigenvalue weighted by Gasteiger charge is -2.37. The molecule has 4 rings (SSSR count). The minimum atomic E-state index is 0. The number of piperazine rings is 2. The smallest absolute Gasteiger partial charge is 0.0825 e. The van der Waals surface area contributed by atoms with Gasteiger partial charge in [-0.15, -0.1) is 12.4 Å². The molecule has 0 aromatic heterocycles. The summed E-state index contributed by atoms with van der Waals surface area (Å²) in [5.74, 6) is 0. The van der Waals surface area contributed by atoms with Crippen molar-refractivity contribution in [2.75, 3.05) is 75.2 Å². The zero-order valence-electron chi connectivity index (χ0n) is 18.7. The molecule has 2 heterocycles. The van der Waals surface area contributed by atoms with Crippen LogP contribution in [0.3, 0.4) is 0 Å². The average Bonchev–Trinajstić information content (AvgIpc) is 2.81. The summed E-state index contributed by atoms with van der Waals surface area (Å²) in [6.45, 7) is 10.6. The molecule has 2 fully saturated rings. The molecule has 0 aliphatic carbocycles. The van der Waals surface area contributed by atoms with Crippen LogP contribution in [0, 0.1) is 0 Å². The van der Waals surface area contributed by atoms with E-state index in [0.717, 1.165) is 76.8 Å². The second kappa shape index (κ2) is 12.9. The van der Waals surface area contributed by atoms with Crippen molar-refractivity contribution in [3.8, 4) is 0 Å². The molecule has 2 aliphatic heterocycles. The lowest BCUT2D eigenvalue weighted by Crippen LogP contribution is -2.47. The van der Waals surface area contributed by atoms with E-state index >= 15 is 0 Å². The fraction of sp³-hybridized carbons (Fsp3) is 0.500. The fourth-order valence-electron chi connectivity index (χ4n) is 4.57. The maximum atomic E-state index is 6.39. The minimum Gasteiger partial charge on any atom is -0.368 e. The fourth-order valence-corrected chi connectivity index (χ4v) is 5.40. The standard InChI is InChI=1S/C24H30Cl4N4.ClH/c25-19-5-3-7-21(23(19)27)31-15-11-29(12-16-31)9-1-2-10-30-13-17-32(18-14-30)22-8-4-6-20(26)24(22)28;/h3-8H,1-2,9-18H2;1H. The Morgan fingerprint density at radius 2 is 0.909 bits per heavy atom. The number of anilines is 2. The van der Waals surface area contributed by atoms with E-state index in [9.17, 15) is 0 Å². The molecule has 0 unspecified atom stereocenters. The minimum absolute atomic E-state index is 0. The summed E-state index contributed by atoms with van der Waals surface area (Å²) < 4.78 is 0. The summed E-state index contributed by atoms with van der Waals surface area (Å²) in [6.07, 6.45) is 2.47. The summed E-state index contributed by atoms with van der Waals surface area (Å²) in [7, 11) is 0. The maximum Gasteiger partial charge on any atom is 0.0825 e. The van der Waals surface area contributed by atoms with Crippen molar-refractivity contribution in [2.24, 2.45) is 0 Å². The van der Waals surface area contributed by atoms with E-state index in [1.807, 2.05) is 24.3 Å². The van der Waals surface area contributed by atoms with E-state index in [4.69, 9.17) is 46.4 Å². The van der Waals surface area contributed by atoms with Gasteiger partial charge in [-0.25, -0.2) is 0 Å². The van der Waals surface area contributed by atoms with Crippen molar-refractivity contribution in [3.63, 3.8) is 0 Å². The van der Waals surface area contributed by atoms with Gasteiger partial charge < -0.3 is 9.80 Å². The molecule has 0 spiro atoms. The number of rotatable bonds is 7. The number of hydrogen-bond acceptors (Lipinski definition) is 4. The first-order valence-electron chi connectivity index (χ1n) is 11.4. The Morgan fingerprint density at radius 3 is 1.27 bits per heavy atom. The molecule has 0 bridgehead atoms. The number of benzene rings is 2. The maximum absolute atomic E-state index is 6.39. The lowest BCUT2D eigenvalue weighted by atomic mass is 10.2. The van der Waals surface area contributed by atoms with Gasteiger partial charge in [0, 0.05) is 52.4 Å². The van der Waals surface area contributed by atoms with E-state index in [1.165, 1.54) is 12.8 Å². The first-order chi connectivity index (χ1) is 15.5. The summed E-state index contributed by atoms with van der Waals surface area (Å²) in [5, 5.41) is 2.59. The van der Waals surface area contributed by atoms with Gasteiger partial charge >= 0.3 is 0 Å². The predicted octanol–water partition coefficient (Wildman–Crippen LogP) is 6.45. The van der Waals surface area contributed by atoms with Crippen LogP contribution in [0.4, 0.5) is 11.4 Å². The SMILES string of the molecule is Cl.Clc1cccc(N2CCN(CCCCN3CCN(c4cccc(Cl)c4Cl)CC3)CC2)c1Cl. The number of halogens is 5. The van der Waals surface area contributed by atoms with Crippen molar-refractivity contribution in [2.45, 2.75) is 12.8 Å². The van der Waals surface area contributed by atoms with Crippen molar-refractivity contribution in [1.82, 2.24) is 9.80 Å². The normalized spacial score (nSPS) is 17.8. The molecule has 0 N–H and O–H groups in total. The highest BCUT2D eigenvalue weighted by atomic mass is 35.5. The zero-order valence-corrected chi connectivity index (χ0v) is 22.5. The molecule has 2 aromatic rings. The highest BCUT2D eigenvalue weighted by Crippen LogP contribution is 2.34. The first-order valence-corrected chi connectivity index (χ1v) is 12.9. The molecule has 0 radical (unpaired) electrons. The predicted molar refractivity (Wildman–Crippen MR) is 147 cm³/mol. The van der Waals surface area contributed by atoms with Crippen LogP contribution in [0.25, 0.3) is 0 Å². The van der Waals surface area contributed by atoms with Gasteiger partial charge in [-0.2, -0.15) is 0 Å². The van der Waals surface area contributed by atoms with Crippen LogP contribution >= 0.6 is 58.8 Å². The highest BCUT2D eigenvalue weighted by Gasteiger charge is 2.21. The Hall–Kier alpha value is -0.590. The van der Waals surface area contributed by atoms with Gasteiger partial charge in [0.05, 0.1) is 31.5 Å². The third kappa shape index (κ3) is 6.98. The Morgan fingerprint density at radius 1 is 0.545 bits per heavy atom. The van der Waals surface area contributed by atoms with Crippen LogP contribution in [0.15, 0.2) is 36.4 Å². The molecule has 9 heteroatoms. The van der Waals surface area contributed by atoms with Gasteiger partial charge in [-0.05, 0) is 50.2 Å². The zero-order chi connectivity index (χ0) is 22.5. The Bertz CT molecular complexity index is 823. The molecule has 4 nitrogen and oxygen atoms in total. The number of hydrogen-bond donors (Lipinski definition) is 0. The summed E-state index contributed by atoms with van der Waals surface area (Å²) >= 11 is 25.1.